The normalized spacial score (nSPS) is 47.4. The van der Waals surface area contributed by atoms with Crippen molar-refractivity contribution in [1.82, 2.24) is 0 Å². The van der Waals surface area contributed by atoms with Crippen LogP contribution in [0, 0.1) is 0 Å². The Morgan fingerprint density at radius 2 is 0.849 bits per heavy atom. The fraction of sp³-hybridized carbons (Fsp3) is 1.00. The van der Waals surface area contributed by atoms with E-state index in [-0.39, 0.29) is 0 Å². The molecule has 27 heteroatoms. The SMILES string of the molecule is CS(=O)(=O)OC[C@H]1O[C@H](O[C@H]2[C@H](O)[C@@H](O)[C@@H](O)O[C@@H]2CO)[C@H](O)[C@@H](O)[C@@H]1O[C@H]1O[C@H](CO)[C@@H](O[C@H]2O[C@H](CO)[C@@H](O)[C@H](O)[C@H]2OS(C)(=O)=O)[C@H](O)[C@H]1O. The van der Waals surface area contributed by atoms with Gasteiger partial charge >= 0.3 is 0 Å². The van der Waals surface area contributed by atoms with Crippen LogP contribution >= 0.6 is 0 Å². The van der Waals surface area contributed by atoms with E-state index in [0.717, 1.165) is 0 Å². The fourth-order valence-electron chi connectivity index (χ4n) is 6.01. The molecule has 0 aromatic heterocycles. The average molecular weight is 823 g/mol. The van der Waals surface area contributed by atoms with Gasteiger partial charge in [0.25, 0.3) is 20.2 Å². The van der Waals surface area contributed by atoms with E-state index in [1.165, 1.54) is 0 Å². The van der Waals surface area contributed by atoms with Gasteiger partial charge in [-0.2, -0.15) is 16.8 Å². The van der Waals surface area contributed by atoms with Gasteiger partial charge in [0.2, 0.25) is 0 Å². The molecule has 4 fully saturated rings. The average Bonchev–Trinajstić information content (AvgIpc) is 3.08. The molecule has 4 rings (SSSR count). The van der Waals surface area contributed by atoms with E-state index in [4.69, 9.17) is 41.5 Å². The van der Waals surface area contributed by atoms with E-state index in [1.807, 2.05) is 0 Å². The van der Waals surface area contributed by atoms with Crippen molar-refractivity contribution < 1.29 is 120 Å². The molecule has 312 valence electrons. The molecule has 25 nitrogen and oxygen atoms in total. The third-order valence-corrected chi connectivity index (χ3v) is 9.87. The summed E-state index contributed by atoms with van der Waals surface area (Å²) >= 11 is 0. The Morgan fingerprint density at radius 3 is 1.32 bits per heavy atom. The maximum Gasteiger partial charge on any atom is 0.264 e. The highest BCUT2D eigenvalue weighted by atomic mass is 32.2. The molecule has 0 aromatic carbocycles. The van der Waals surface area contributed by atoms with E-state index in [1.54, 1.807) is 0 Å². The predicted octanol–water partition coefficient (Wildman–Crippen LogP) is -9.78. The van der Waals surface area contributed by atoms with E-state index >= 15 is 0 Å². The van der Waals surface area contributed by atoms with Gasteiger partial charge in [-0.3, -0.25) is 8.37 Å². The standard InChI is InChI=1S/C26H46O25S2/c1-52(39,40)43-6-10-21(15(34)18(37)25(47-10)48-19-8(4-28)44-23(38)16(35)13(19)32)49-24-17(36)14(33)20(9(5-29)46-24)50-26-22(51-53(2,41)42)12(31)11(30)7(3-27)45-26/h7-38H,3-6H2,1-2H3/t7-,8-,9-,10-,11-,12+,13-,14-,15-,16-,17-,18-,19-,20-,21-,22-,23+,24-,25-,26-/m1/s1. The molecule has 4 saturated heterocycles. The number of hydrogen-bond donors (Lipinski definition) is 12. The van der Waals surface area contributed by atoms with E-state index in [9.17, 15) is 78.1 Å². The lowest BCUT2D eigenvalue weighted by Crippen LogP contribution is -2.67. The molecule has 12 N–H and O–H groups in total. The summed E-state index contributed by atoms with van der Waals surface area (Å²) in [7, 11) is -8.60. The van der Waals surface area contributed by atoms with E-state index in [2.05, 4.69) is 0 Å². The maximum absolute atomic E-state index is 11.9. The molecule has 0 saturated carbocycles. The molecule has 0 aromatic rings. The van der Waals surface area contributed by atoms with Gasteiger partial charge in [0, 0.05) is 0 Å². The molecule has 4 aliphatic rings. The first-order valence-electron chi connectivity index (χ1n) is 15.9. The molecule has 20 atom stereocenters. The van der Waals surface area contributed by atoms with Gasteiger partial charge in [-0.1, -0.05) is 0 Å². The van der Waals surface area contributed by atoms with Crippen LogP contribution in [-0.4, -0.2) is 240 Å². The molecule has 4 heterocycles. The Labute approximate surface area is 301 Å². The highest BCUT2D eigenvalue weighted by Crippen LogP contribution is 2.35. The Hall–Kier alpha value is -0.940. The van der Waals surface area contributed by atoms with Crippen LogP contribution in [0.15, 0.2) is 0 Å². The van der Waals surface area contributed by atoms with Gasteiger partial charge < -0.3 is 94.4 Å². The predicted molar refractivity (Wildman–Crippen MR) is 161 cm³/mol. The third kappa shape index (κ3) is 10.5. The molecular formula is C26H46O25S2. The zero-order chi connectivity index (χ0) is 39.7. The largest absolute Gasteiger partial charge is 0.394 e. The lowest BCUT2D eigenvalue weighted by molar-refractivity contribution is -0.386. The highest BCUT2D eigenvalue weighted by Gasteiger charge is 2.56. The number of rotatable bonds is 14. The third-order valence-electron chi connectivity index (χ3n) is 8.73. The van der Waals surface area contributed by atoms with Gasteiger partial charge in [0.1, 0.15) is 91.6 Å². The first kappa shape index (κ1) is 44.8. The summed E-state index contributed by atoms with van der Waals surface area (Å²) in [6, 6.07) is 0. The topological polar surface area (TPSA) is 394 Å². The van der Waals surface area contributed by atoms with Gasteiger partial charge in [-0.25, -0.2) is 0 Å². The molecule has 0 spiro atoms. The molecule has 0 radical (unpaired) electrons. The Kier molecular flexibility index (Phi) is 15.3. The minimum Gasteiger partial charge on any atom is -0.394 e. The second-order valence-corrected chi connectivity index (χ2v) is 16.0. The summed E-state index contributed by atoms with van der Waals surface area (Å²) in [5.74, 6) is 0. The monoisotopic (exact) mass is 822 g/mol. The summed E-state index contributed by atoms with van der Waals surface area (Å²) in [4.78, 5) is 0. The number of aliphatic hydroxyl groups is 12. The van der Waals surface area contributed by atoms with Gasteiger partial charge in [0.05, 0.1) is 38.9 Å². The van der Waals surface area contributed by atoms with Crippen LogP contribution in [0.2, 0.25) is 0 Å². The van der Waals surface area contributed by atoms with E-state index in [0.29, 0.717) is 12.5 Å². The second-order valence-electron chi connectivity index (χ2n) is 12.7. The number of hydrogen-bond acceptors (Lipinski definition) is 25. The lowest BCUT2D eigenvalue weighted by Gasteiger charge is -2.49. The second kappa shape index (κ2) is 18.1. The van der Waals surface area contributed by atoms with Crippen LogP contribution in [0.25, 0.3) is 0 Å². The van der Waals surface area contributed by atoms with Crippen LogP contribution in [0.4, 0.5) is 0 Å². The molecule has 53 heavy (non-hydrogen) atoms. The van der Waals surface area contributed by atoms with Crippen LogP contribution in [0.3, 0.4) is 0 Å². The molecule has 0 unspecified atom stereocenters. The van der Waals surface area contributed by atoms with Crippen molar-refractivity contribution in [1.29, 1.82) is 0 Å². The lowest BCUT2D eigenvalue weighted by atomic mass is 9.95. The summed E-state index contributed by atoms with van der Waals surface area (Å²) < 4.78 is 95.2. The van der Waals surface area contributed by atoms with Crippen LogP contribution < -0.4 is 0 Å². The Bertz CT molecular complexity index is 1380. The van der Waals surface area contributed by atoms with Gasteiger partial charge in [0.15, 0.2) is 31.3 Å². The minimum atomic E-state index is -4.37. The summed E-state index contributed by atoms with van der Waals surface area (Å²) in [6.07, 6.45) is -37.3. The Morgan fingerprint density at radius 1 is 0.453 bits per heavy atom. The van der Waals surface area contributed by atoms with Crippen molar-refractivity contribution in [3.05, 3.63) is 0 Å². The summed E-state index contributed by atoms with van der Waals surface area (Å²) in [5, 5.41) is 124. The highest BCUT2D eigenvalue weighted by molar-refractivity contribution is 7.86. The first-order chi connectivity index (χ1) is 24.6. The van der Waals surface area contributed by atoms with Crippen LogP contribution in [0.1, 0.15) is 0 Å². The van der Waals surface area contributed by atoms with Gasteiger partial charge in [-0.15, -0.1) is 0 Å². The fourth-order valence-corrected chi connectivity index (χ4v) is 7.00. The van der Waals surface area contributed by atoms with Crippen molar-refractivity contribution in [2.45, 2.75) is 123 Å². The summed E-state index contributed by atoms with van der Waals surface area (Å²) in [6.45, 7) is -3.80. The maximum atomic E-state index is 11.9. The molecule has 0 bridgehead atoms. The first-order valence-corrected chi connectivity index (χ1v) is 19.5. The van der Waals surface area contributed by atoms with Crippen molar-refractivity contribution in [2.24, 2.45) is 0 Å². The minimum absolute atomic E-state index is 0.597. The van der Waals surface area contributed by atoms with Crippen molar-refractivity contribution in [2.75, 3.05) is 38.9 Å². The zero-order valence-electron chi connectivity index (χ0n) is 27.9. The molecule has 0 aliphatic carbocycles. The van der Waals surface area contributed by atoms with Crippen molar-refractivity contribution >= 4 is 20.2 Å². The van der Waals surface area contributed by atoms with E-state index < -0.39 is 169 Å². The molecule has 4 aliphatic heterocycles. The Balaban J connectivity index is 1.54. The molecule has 0 amide bonds. The van der Waals surface area contributed by atoms with Crippen molar-refractivity contribution in [3.63, 3.8) is 0 Å². The van der Waals surface area contributed by atoms with Crippen LogP contribution in [-0.2, 0) is 61.8 Å². The zero-order valence-corrected chi connectivity index (χ0v) is 29.5. The van der Waals surface area contributed by atoms with Crippen molar-refractivity contribution in [3.8, 4) is 0 Å². The number of ether oxygens (including phenoxy) is 7. The number of aliphatic hydroxyl groups excluding tert-OH is 12. The smallest absolute Gasteiger partial charge is 0.264 e. The van der Waals surface area contributed by atoms with Crippen LogP contribution in [0.5, 0.6) is 0 Å². The molecular weight excluding hydrogens is 776 g/mol. The van der Waals surface area contributed by atoms with Gasteiger partial charge in [-0.05, 0) is 0 Å². The summed E-state index contributed by atoms with van der Waals surface area (Å²) in [5.41, 5.74) is 0. The quantitative estimate of drug-likeness (QED) is 0.0724.